The third kappa shape index (κ3) is 2.58. The molecule has 16 heavy (non-hydrogen) atoms. The molecule has 1 aromatic rings. The fourth-order valence-corrected chi connectivity index (χ4v) is 1.99. The van der Waals surface area contributed by atoms with Crippen LogP contribution in [0.5, 0.6) is 5.75 Å². The molecule has 0 unspecified atom stereocenters. The summed E-state index contributed by atoms with van der Waals surface area (Å²) in [6.07, 6.45) is -2.71. The zero-order valence-electron chi connectivity index (χ0n) is 8.89. The molecule has 0 N–H and O–H groups in total. The predicted molar refractivity (Wildman–Crippen MR) is 60.3 cm³/mol. The van der Waals surface area contributed by atoms with Gasteiger partial charge in [0.2, 0.25) is 0 Å². The van der Waals surface area contributed by atoms with Crippen molar-refractivity contribution in [3.05, 3.63) is 27.7 Å². The smallest absolute Gasteiger partial charge is 0.265 e. The number of rotatable bonds is 4. The quantitative estimate of drug-likeness (QED) is 0.785. The highest BCUT2D eigenvalue weighted by atomic mass is 79.9. The molecule has 0 fully saturated rings. The summed E-state index contributed by atoms with van der Waals surface area (Å²) in [6.45, 7) is 3.39. The molecular formula is C11H11BrF2O2. The monoisotopic (exact) mass is 292 g/mol. The van der Waals surface area contributed by atoms with Gasteiger partial charge >= 0.3 is 0 Å². The van der Waals surface area contributed by atoms with E-state index in [1.165, 1.54) is 19.1 Å². The zero-order valence-corrected chi connectivity index (χ0v) is 10.5. The average Bonchev–Trinajstić information content (AvgIpc) is 2.20. The average molecular weight is 293 g/mol. The lowest BCUT2D eigenvalue weighted by molar-refractivity contribution is 0.0998. The van der Waals surface area contributed by atoms with Crippen molar-refractivity contribution in [2.75, 3.05) is 6.61 Å². The fourth-order valence-electron chi connectivity index (χ4n) is 1.36. The van der Waals surface area contributed by atoms with E-state index in [4.69, 9.17) is 4.74 Å². The maximum Gasteiger partial charge on any atom is 0.265 e. The van der Waals surface area contributed by atoms with Gasteiger partial charge in [-0.3, -0.25) is 4.79 Å². The van der Waals surface area contributed by atoms with E-state index in [2.05, 4.69) is 15.9 Å². The van der Waals surface area contributed by atoms with Crippen LogP contribution in [0.15, 0.2) is 16.6 Å². The molecule has 1 aromatic carbocycles. The Kier molecular flexibility index (Phi) is 4.41. The Balaban J connectivity index is 3.35. The Bertz CT molecular complexity index is 405. The number of ether oxygens (including phenoxy) is 1. The molecule has 0 spiro atoms. The summed E-state index contributed by atoms with van der Waals surface area (Å²) in [6, 6.07) is 2.87. The maximum absolute atomic E-state index is 12.8. The lowest BCUT2D eigenvalue weighted by atomic mass is 10.0. The van der Waals surface area contributed by atoms with E-state index in [9.17, 15) is 13.6 Å². The maximum atomic E-state index is 12.8. The first-order valence-corrected chi connectivity index (χ1v) is 5.52. The van der Waals surface area contributed by atoms with Crippen molar-refractivity contribution in [1.82, 2.24) is 0 Å². The Hall–Kier alpha value is -0.970. The summed E-state index contributed by atoms with van der Waals surface area (Å²) in [4.78, 5) is 11.2. The van der Waals surface area contributed by atoms with Gasteiger partial charge in [-0.05, 0) is 41.9 Å². The number of alkyl halides is 2. The third-order valence-corrected chi connectivity index (χ3v) is 2.86. The Labute approximate surface area is 101 Å². The predicted octanol–water partition coefficient (Wildman–Crippen LogP) is 3.99. The van der Waals surface area contributed by atoms with Crippen LogP contribution in [-0.2, 0) is 0 Å². The van der Waals surface area contributed by atoms with Gasteiger partial charge in [0, 0.05) is 11.1 Å². The van der Waals surface area contributed by atoms with Crippen LogP contribution in [0.1, 0.15) is 36.2 Å². The van der Waals surface area contributed by atoms with Gasteiger partial charge < -0.3 is 4.74 Å². The number of Topliss-reactive ketones (excluding diaryl/α,β-unsaturated/α-hetero) is 1. The Morgan fingerprint density at radius 3 is 2.56 bits per heavy atom. The van der Waals surface area contributed by atoms with E-state index < -0.39 is 6.43 Å². The number of carbonyl (C=O) groups excluding carboxylic acids is 1. The number of carbonyl (C=O) groups is 1. The molecule has 88 valence electrons. The summed E-state index contributed by atoms with van der Waals surface area (Å²) in [5, 5.41) is 0. The molecular weight excluding hydrogens is 282 g/mol. The van der Waals surface area contributed by atoms with Crippen molar-refractivity contribution in [2.45, 2.75) is 20.3 Å². The van der Waals surface area contributed by atoms with Crippen molar-refractivity contribution >= 4 is 21.7 Å². The first kappa shape index (κ1) is 13.1. The lowest BCUT2D eigenvalue weighted by Gasteiger charge is -2.13. The molecule has 5 heteroatoms. The Morgan fingerprint density at radius 2 is 2.12 bits per heavy atom. The molecule has 0 heterocycles. The zero-order chi connectivity index (χ0) is 12.3. The topological polar surface area (TPSA) is 26.3 Å². The summed E-state index contributed by atoms with van der Waals surface area (Å²) in [5.41, 5.74) is -0.288. The molecule has 0 atom stereocenters. The number of hydrogen-bond donors (Lipinski definition) is 0. The summed E-state index contributed by atoms with van der Waals surface area (Å²) in [7, 11) is 0. The van der Waals surface area contributed by atoms with Crippen LogP contribution in [0.4, 0.5) is 8.78 Å². The minimum absolute atomic E-state index is 0.0188. The number of halogens is 3. The van der Waals surface area contributed by atoms with Gasteiger partial charge in [0.05, 0.1) is 11.1 Å². The van der Waals surface area contributed by atoms with Gasteiger partial charge in [-0.15, -0.1) is 0 Å². The van der Waals surface area contributed by atoms with Crippen molar-refractivity contribution < 1.29 is 18.3 Å². The molecule has 0 aromatic heterocycles. The van der Waals surface area contributed by atoms with Gasteiger partial charge in [-0.2, -0.15) is 0 Å². The standard InChI is InChI=1S/C11H11BrF2O2/c1-3-16-8-5-4-7(6(2)15)9(10(8)12)11(13)14/h4-5,11H,3H2,1-2H3. The molecule has 0 amide bonds. The van der Waals surface area contributed by atoms with E-state index in [1.54, 1.807) is 6.92 Å². The molecule has 2 nitrogen and oxygen atoms in total. The summed E-state index contributed by atoms with van der Waals surface area (Å²) in [5.74, 6) is -0.0677. The van der Waals surface area contributed by atoms with Gasteiger partial charge in [-0.25, -0.2) is 8.78 Å². The molecule has 0 radical (unpaired) electrons. The van der Waals surface area contributed by atoms with Crippen molar-refractivity contribution in [1.29, 1.82) is 0 Å². The molecule has 0 aliphatic rings. The number of benzene rings is 1. The van der Waals surface area contributed by atoms with Crippen LogP contribution in [0.3, 0.4) is 0 Å². The Morgan fingerprint density at radius 1 is 1.50 bits per heavy atom. The third-order valence-electron chi connectivity index (χ3n) is 2.04. The SMILES string of the molecule is CCOc1ccc(C(C)=O)c(C(F)F)c1Br. The van der Waals surface area contributed by atoms with E-state index in [-0.39, 0.29) is 21.4 Å². The van der Waals surface area contributed by atoms with Crippen LogP contribution in [0, 0.1) is 0 Å². The molecule has 0 saturated heterocycles. The van der Waals surface area contributed by atoms with Gasteiger partial charge in [-0.1, -0.05) is 0 Å². The van der Waals surface area contributed by atoms with Crippen LogP contribution in [0.25, 0.3) is 0 Å². The minimum atomic E-state index is -2.71. The van der Waals surface area contributed by atoms with Crippen LogP contribution < -0.4 is 4.74 Å². The van der Waals surface area contributed by atoms with E-state index in [1.807, 2.05) is 0 Å². The van der Waals surface area contributed by atoms with Crippen LogP contribution in [0.2, 0.25) is 0 Å². The normalized spacial score (nSPS) is 10.6. The van der Waals surface area contributed by atoms with Gasteiger partial charge in [0.15, 0.2) is 5.78 Å². The van der Waals surface area contributed by atoms with Crippen molar-refractivity contribution in [3.63, 3.8) is 0 Å². The number of ketones is 1. The van der Waals surface area contributed by atoms with Crippen LogP contribution >= 0.6 is 15.9 Å². The highest BCUT2D eigenvalue weighted by molar-refractivity contribution is 9.10. The molecule has 0 bridgehead atoms. The fraction of sp³-hybridized carbons (Fsp3) is 0.364. The molecule has 1 rings (SSSR count). The lowest BCUT2D eigenvalue weighted by Crippen LogP contribution is -2.03. The van der Waals surface area contributed by atoms with E-state index in [0.717, 1.165) is 0 Å². The van der Waals surface area contributed by atoms with Crippen molar-refractivity contribution in [2.24, 2.45) is 0 Å². The van der Waals surface area contributed by atoms with Gasteiger partial charge in [0.25, 0.3) is 6.43 Å². The van der Waals surface area contributed by atoms with E-state index in [0.29, 0.717) is 12.4 Å². The van der Waals surface area contributed by atoms with Crippen LogP contribution in [-0.4, -0.2) is 12.4 Å². The second kappa shape index (κ2) is 5.39. The van der Waals surface area contributed by atoms with Crippen molar-refractivity contribution in [3.8, 4) is 5.75 Å². The molecule has 0 saturated carbocycles. The first-order valence-electron chi connectivity index (χ1n) is 4.73. The first-order chi connectivity index (χ1) is 7.49. The minimum Gasteiger partial charge on any atom is -0.493 e. The highest BCUT2D eigenvalue weighted by Crippen LogP contribution is 2.37. The second-order valence-electron chi connectivity index (χ2n) is 3.13. The molecule has 0 aliphatic heterocycles. The number of hydrogen-bond acceptors (Lipinski definition) is 2. The molecule has 0 aliphatic carbocycles. The largest absolute Gasteiger partial charge is 0.493 e. The summed E-state index contributed by atoms with van der Waals surface area (Å²) >= 11 is 3.04. The van der Waals surface area contributed by atoms with E-state index >= 15 is 0 Å². The summed E-state index contributed by atoms with van der Waals surface area (Å²) < 4.78 is 31.0. The second-order valence-corrected chi connectivity index (χ2v) is 3.92. The van der Waals surface area contributed by atoms with Gasteiger partial charge in [0.1, 0.15) is 5.75 Å². The highest BCUT2D eigenvalue weighted by Gasteiger charge is 2.22.